The van der Waals surface area contributed by atoms with E-state index in [0.29, 0.717) is 52.5 Å². The number of methoxy groups -OCH3 is 4. The number of aryl methyl sites for hydroxylation is 2. The third-order valence-corrected chi connectivity index (χ3v) is 18.1. The van der Waals surface area contributed by atoms with Crippen molar-refractivity contribution in [3.63, 3.8) is 0 Å². The molecule has 4 aromatic carbocycles. The van der Waals surface area contributed by atoms with Crippen LogP contribution in [0.3, 0.4) is 0 Å². The first kappa shape index (κ1) is 86.9. The summed E-state index contributed by atoms with van der Waals surface area (Å²) in [6, 6.07) is 19.5. The number of nitrogens with one attached hydrogen (secondary N) is 5. The van der Waals surface area contributed by atoms with Crippen LogP contribution in [0.25, 0.3) is 0 Å². The fourth-order valence-electron chi connectivity index (χ4n) is 10.9. The highest BCUT2D eigenvalue weighted by molar-refractivity contribution is 8.05. The number of anilines is 11. The van der Waals surface area contributed by atoms with Gasteiger partial charge in [0.15, 0.2) is 11.6 Å². The van der Waals surface area contributed by atoms with Gasteiger partial charge in [-0.05, 0) is 198 Å². The summed E-state index contributed by atoms with van der Waals surface area (Å²) in [5.74, 6) is 8.30. The summed E-state index contributed by atoms with van der Waals surface area (Å²) in [5.41, 5.74) is 14.1. The zero-order valence-electron chi connectivity index (χ0n) is 60.1. The number of piperidine rings is 2. The number of aromatic nitrogens is 4. The maximum absolute atomic E-state index is 12.0. The molecule has 0 spiro atoms. The SMILES string of the molecule is CCCc1cc(N)c(OC)cc1N1CCC(N(C)C)CC1.CCCc1cc(Nc2ncc(Cl)c(Nc3ccc(OC)cc3NS(C)(=O)=O)n2)c(OC)cc1N1CCC(N(C)C)CC1.COc1ccc(Nc2nc(Cl)ncc2Cl)c(NS(C)(=O)=O)c1.[B]B([B])B(B([B])[B])B([B])B([B])[B-].[CH2-]C#CC. The fourth-order valence-corrected chi connectivity index (χ4v) is 12.4. The molecule has 22 nitrogen and oxygen atoms in total. The molecule has 0 amide bonds. The van der Waals surface area contributed by atoms with E-state index < -0.39 is 52.0 Å². The molecule has 2 saturated heterocycles. The lowest BCUT2D eigenvalue weighted by Gasteiger charge is -2.37. The quantitative estimate of drug-likeness (QED) is 0.0101. The molecule has 2 aromatic heterocycles. The van der Waals surface area contributed by atoms with Crippen LogP contribution in [-0.4, -0.2) is 240 Å². The predicted molar refractivity (Wildman–Crippen MR) is 436 cm³/mol. The van der Waals surface area contributed by atoms with E-state index in [-0.39, 0.29) is 32.5 Å². The van der Waals surface area contributed by atoms with Gasteiger partial charge in [-0.2, -0.15) is 16.9 Å². The molecule has 0 saturated carbocycles. The van der Waals surface area contributed by atoms with E-state index >= 15 is 0 Å². The highest BCUT2D eigenvalue weighted by atomic mass is 35.5. The van der Waals surface area contributed by atoms with Crippen LogP contribution in [0.1, 0.15) is 70.4 Å². The minimum absolute atomic E-state index is 0.0121. The number of nitrogens with zero attached hydrogens (tertiary/aromatic N) is 8. The number of rotatable bonds is 26. The lowest BCUT2D eigenvalue weighted by molar-refractivity contribution is 0.249. The van der Waals surface area contributed by atoms with E-state index in [1.807, 2.05) is 0 Å². The second kappa shape index (κ2) is 42.3. The largest absolute Gasteiger partial charge is 0.687 e. The smallest absolute Gasteiger partial charge is 0.229 e. The third-order valence-electron chi connectivity index (χ3n) is 16.2. The third kappa shape index (κ3) is 28.3. The fraction of sp³-hybridized carbons (Fsp3) is 0.435. The van der Waals surface area contributed by atoms with Gasteiger partial charge in [0.1, 0.15) is 33.0 Å². The van der Waals surface area contributed by atoms with Crippen molar-refractivity contribution in [2.24, 2.45) is 0 Å². The zero-order chi connectivity index (χ0) is 75.5. The van der Waals surface area contributed by atoms with Gasteiger partial charge >= 0.3 is 0 Å². The van der Waals surface area contributed by atoms with Crippen LogP contribution < -0.4 is 59.9 Å². The highest BCUT2D eigenvalue weighted by Crippen LogP contribution is 2.40. The minimum Gasteiger partial charge on any atom is -0.687 e. The van der Waals surface area contributed by atoms with Gasteiger partial charge in [-0.1, -0.05) is 56.8 Å². The molecule has 6 aromatic rings. The van der Waals surface area contributed by atoms with Gasteiger partial charge in [-0.15, -0.1) is 0 Å². The summed E-state index contributed by atoms with van der Waals surface area (Å²) in [5, 5.41) is 9.83. The van der Waals surface area contributed by atoms with E-state index in [0.717, 1.165) is 94.3 Å². The van der Waals surface area contributed by atoms with Gasteiger partial charge in [-0.3, -0.25) is 15.4 Å². The maximum Gasteiger partial charge on any atom is 0.229 e. The topological polar surface area (TPSA) is 256 Å². The average molecular weight is 1460 g/mol. The average Bonchev–Trinajstić information content (AvgIpc) is 0.809. The number of hydrogen-bond acceptors (Lipinski definition) is 20. The van der Waals surface area contributed by atoms with E-state index in [1.165, 1.54) is 68.0 Å². The summed E-state index contributed by atoms with van der Waals surface area (Å²) < 4.78 is 73.3. The van der Waals surface area contributed by atoms with Gasteiger partial charge < -0.3 is 73.9 Å². The molecule has 15 radical (unpaired) electrons. The number of halogens is 3. The zero-order valence-corrected chi connectivity index (χ0v) is 64.0. The summed E-state index contributed by atoms with van der Waals surface area (Å²) in [6.45, 7) is 13.6. The molecular weight excluding hydrogens is 1370 g/mol. The predicted octanol–water partition coefficient (Wildman–Crippen LogP) is 7.43. The molecule has 8 rings (SSSR count). The number of nitrogens with two attached hydrogens (primary N) is 1. The van der Waals surface area contributed by atoms with E-state index in [1.54, 1.807) is 51.5 Å². The molecule has 2 aliphatic rings. The Morgan fingerprint density at radius 3 is 1.41 bits per heavy atom. The Labute approximate surface area is 627 Å². The molecule has 523 valence electrons. The molecule has 7 N–H and O–H groups in total. The van der Waals surface area contributed by atoms with Gasteiger partial charge in [-0.25, -0.2) is 33.2 Å². The van der Waals surface area contributed by atoms with E-state index in [9.17, 15) is 16.8 Å². The van der Waals surface area contributed by atoms with Crippen LogP contribution in [0.5, 0.6) is 23.0 Å². The Hall–Kier alpha value is -6.46. The molecule has 0 bridgehead atoms. The molecule has 39 heteroatoms. The van der Waals surface area contributed by atoms with Crippen LogP contribution in [0.4, 0.5) is 63.1 Å². The minimum atomic E-state index is -3.55. The van der Waals surface area contributed by atoms with Crippen LogP contribution in [-0.2, 0) is 32.9 Å². The van der Waals surface area contributed by atoms with E-state index in [4.69, 9.17) is 114 Å². The van der Waals surface area contributed by atoms with Crippen molar-refractivity contribution in [2.45, 2.75) is 84.2 Å². The number of hydrogen-bond donors (Lipinski definition) is 6. The second-order valence-electron chi connectivity index (χ2n) is 24.3. The Balaban J connectivity index is 0.000000309. The van der Waals surface area contributed by atoms with Crippen molar-refractivity contribution >= 4 is 204 Å². The molecule has 0 aliphatic carbocycles. The summed E-state index contributed by atoms with van der Waals surface area (Å²) in [6.07, 6.45) is 10.5. The molecule has 2 fully saturated rings. The lowest BCUT2D eigenvalue weighted by Crippen LogP contribution is -2.67. The van der Waals surface area contributed by atoms with Gasteiger partial charge in [0.05, 0.1) is 87.5 Å². The van der Waals surface area contributed by atoms with Crippen molar-refractivity contribution in [1.82, 2.24) is 29.7 Å². The maximum atomic E-state index is 12.0. The molecule has 0 atom stereocenters. The first-order valence-electron chi connectivity index (χ1n) is 32.5. The summed E-state index contributed by atoms with van der Waals surface area (Å²) >= 11 is 18.1. The summed E-state index contributed by atoms with van der Waals surface area (Å²) in [4.78, 5) is 26.3. The van der Waals surface area contributed by atoms with Crippen molar-refractivity contribution in [2.75, 3.05) is 136 Å². The van der Waals surface area contributed by atoms with Crippen LogP contribution in [0.15, 0.2) is 73.1 Å². The molecule has 4 heterocycles. The van der Waals surface area contributed by atoms with Gasteiger partial charge in [0.25, 0.3) is 0 Å². The van der Waals surface area contributed by atoms with Crippen molar-refractivity contribution in [1.29, 1.82) is 0 Å². The first-order valence-corrected chi connectivity index (χ1v) is 37.4. The van der Waals surface area contributed by atoms with Crippen molar-refractivity contribution < 1.29 is 35.8 Å². The number of sulfonamides is 2. The Bertz CT molecular complexity index is 3900. The van der Waals surface area contributed by atoms with Crippen LogP contribution in [0.2, 0.25) is 15.3 Å². The first-order chi connectivity index (χ1) is 47.6. The number of nitrogen functional groups attached to an aromatic ring is 1. The summed E-state index contributed by atoms with van der Waals surface area (Å²) in [7, 11) is 45.8. The normalized spacial score (nSPS) is 12.9. The van der Waals surface area contributed by atoms with Crippen molar-refractivity contribution in [3.8, 4) is 34.8 Å². The number of benzene rings is 4. The number of ether oxygens (including phenoxy) is 4. The van der Waals surface area contributed by atoms with Gasteiger partial charge in [0, 0.05) is 73.9 Å². The lowest BCUT2D eigenvalue weighted by atomic mass is 8.53. The molecule has 2 aliphatic heterocycles. The Morgan fingerprint density at radius 1 is 0.624 bits per heavy atom. The van der Waals surface area contributed by atoms with Crippen LogP contribution in [0, 0.1) is 18.8 Å². The highest BCUT2D eigenvalue weighted by Gasteiger charge is 2.28. The monoisotopic (exact) mass is 1460 g/mol. The Kier molecular flexibility index (Phi) is 36.5. The van der Waals surface area contributed by atoms with Crippen molar-refractivity contribution in [3.05, 3.63) is 106 Å². The second-order valence-corrected chi connectivity index (χ2v) is 28.9. The molecule has 0 unspecified atom stereocenters. The molecule has 101 heavy (non-hydrogen) atoms. The Morgan fingerprint density at radius 2 is 1.04 bits per heavy atom. The molecular formula is C62H86B12Cl3N14O8S2-2. The van der Waals surface area contributed by atoms with Gasteiger partial charge in [0.2, 0.25) is 31.3 Å². The van der Waals surface area contributed by atoms with Crippen LogP contribution >= 0.6 is 34.8 Å². The van der Waals surface area contributed by atoms with E-state index in [2.05, 4.69) is 150 Å². The standard InChI is InChI=1S/C29H40ClN7O4S.C17H29N3O.C12H12Cl2N4O3S.C4H5.B12/c1-7-8-19-15-25(27(41-5)17-26(19)37-13-11-20(12-14-37)36(2)3)33-29-31-18-22(30)28(34-29)32-23-10-9-21(40-4)16-24(23)35-42(6,38)39;1-5-6-13-11-15(18)17(21-4)12-16(13)20-9-7-14(8-10-20)19(2)3;1-21-7-3-4-9(10(5-7)18-22(2,19)20)16-11-8(13)6-15-12(14)17-11;1-3-4-2;1-8(2)11(7)12(9(3)4)10(5)6/h9-10,15-18,20,35H,7-8,11-14H2,1-6H3,(H2,31,32,33,34);11-12,14H,5-10,18H2,1-4H3;3-6,18H,1-2H3,(H,15,16,17);1H2,2H3;/q;;;2*-1.